The van der Waals surface area contributed by atoms with Gasteiger partial charge in [-0.25, -0.2) is 0 Å². The van der Waals surface area contributed by atoms with E-state index in [1.54, 1.807) is 0 Å². The lowest BCUT2D eigenvalue weighted by atomic mass is 9.33. The number of hydrogen-bond donors (Lipinski definition) is 0. The molecule has 2 aliphatic heterocycles. The molecule has 0 unspecified atom stereocenters. The first-order chi connectivity index (χ1) is 22.0. The smallest absolute Gasteiger partial charge is 0.252 e. The Morgan fingerprint density at radius 1 is 0.444 bits per heavy atom. The van der Waals surface area contributed by atoms with Crippen molar-refractivity contribution >= 4 is 78.8 Å². The first kappa shape index (κ1) is 26.2. The summed E-state index contributed by atoms with van der Waals surface area (Å²) in [5, 5.41) is 5.02. The van der Waals surface area contributed by atoms with Gasteiger partial charge in [0.2, 0.25) is 0 Å². The van der Waals surface area contributed by atoms with E-state index in [2.05, 4.69) is 176 Å². The van der Waals surface area contributed by atoms with Crippen LogP contribution in [0, 0.1) is 0 Å². The van der Waals surface area contributed by atoms with Gasteiger partial charge in [-0.15, -0.1) is 0 Å². The zero-order chi connectivity index (χ0) is 30.3. The van der Waals surface area contributed by atoms with Crippen molar-refractivity contribution in [2.75, 3.05) is 9.80 Å². The predicted molar refractivity (Wildman–Crippen MR) is 194 cm³/mol. The first-order valence-corrected chi connectivity index (χ1v) is 15.9. The van der Waals surface area contributed by atoms with E-state index >= 15 is 0 Å². The van der Waals surface area contributed by atoms with Crippen molar-refractivity contribution in [1.29, 1.82) is 0 Å². The number of para-hydroxylation sites is 1. The second-order valence-corrected chi connectivity index (χ2v) is 13.4. The van der Waals surface area contributed by atoms with Crippen LogP contribution in [-0.4, -0.2) is 6.71 Å². The van der Waals surface area contributed by atoms with E-state index in [4.69, 9.17) is 0 Å². The van der Waals surface area contributed by atoms with Gasteiger partial charge in [-0.1, -0.05) is 124 Å². The lowest BCUT2D eigenvalue weighted by Crippen LogP contribution is -2.61. The topological polar surface area (TPSA) is 6.48 Å². The van der Waals surface area contributed by atoms with Crippen molar-refractivity contribution in [1.82, 2.24) is 0 Å². The summed E-state index contributed by atoms with van der Waals surface area (Å²) in [4.78, 5) is 5.02. The van der Waals surface area contributed by atoms with E-state index in [1.807, 2.05) is 0 Å². The summed E-state index contributed by atoms with van der Waals surface area (Å²) in [5.74, 6) is 0. The summed E-state index contributed by atoms with van der Waals surface area (Å²) in [7, 11) is 0. The Morgan fingerprint density at radius 3 is 1.82 bits per heavy atom. The molecule has 0 atom stereocenters. The average molecular weight is 577 g/mol. The quantitative estimate of drug-likeness (QED) is 0.189. The summed E-state index contributed by atoms with van der Waals surface area (Å²) in [5.41, 5.74) is 12.8. The largest absolute Gasteiger partial charge is 0.311 e. The van der Waals surface area contributed by atoms with E-state index in [-0.39, 0.29) is 12.1 Å². The second kappa shape index (κ2) is 9.61. The molecule has 0 radical (unpaired) electrons. The molecule has 0 spiro atoms. The number of hydrogen-bond acceptors (Lipinski definition) is 2. The molecule has 2 heterocycles. The third kappa shape index (κ3) is 3.90. The van der Waals surface area contributed by atoms with E-state index in [0.717, 1.165) is 0 Å². The van der Waals surface area contributed by atoms with Crippen LogP contribution in [0.1, 0.15) is 26.3 Å². The Balaban J connectivity index is 1.41. The molecule has 45 heavy (non-hydrogen) atoms. The van der Waals surface area contributed by atoms with Crippen LogP contribution in [0.25, 0.3) is 21.5 Å². The van der Waals surface area contributed by atoms with Gasteiger partial charge in [-0.3, -0.25) is 0 Å². The van der Waals surface area contributed by atoms with Crippen LogP contribution in [0.5, 0.6) is 0 Å². The standard InChI is InChI=1S/C42H33BN2/c1-42(2,3)31-23-24-34-40(27-31)44(32-17-5-4-6-18-32)37-21-12-22-38-41(37)43(34)35-25-29-14-7-8-15-30(29)26-39(35)45(38)36-20-11-16-28-13-9-10-19-33(28)36/h4-27H,1-3H3. The lowest BCUT2D eigenvalue weighted by Gasteiger charge is -2.44. The zero-order valence-electron chi connectivity index (χ0n) is 25.8. The summed E-state index contributed by atoms with van der Waals surface area (Å²) < 4.78 is 0. The molecule has 0 aromatic heterocycles. The predicted octanol–water partition coefficient (Wildman–Crippen LogP) is 9.37. The number of anilines is 6. The SMILES string of the molecule is CC(C)(C)c1ccc2c(c1)N(c1ccccc1)c1cccc3c1B2c1cc2ccccc2cc1N3c1cccc2ccccc12. The molecule has 3 heteroatoms. The molecular weight excluding hydrogens is 543 g/mol. The van der Waals surface area contributed by atoms with Crippen LogP contribution >= 0.6 is 0 Å². The Bertz CT molecular complexity index is 2280. The van der Waals surface area contributed by atoms with Crippen molar-refractivity contribution in [2.45, 2.75) is 26.2 Å². The van der Waals surface area contributed by atoms with Crippen LogP contribution in [0.2, 0.25) is 0 Å². The van der Waals surface area contributed by atoms with Gasteiger partial charge < -0.3 is 9.80 Å². The van der Waals surface area contributed by atoms with Crippen molar-refractivity contribution in [2.24, 2.45) is 0 Å². The maximum atomic E-state index is 2.52. The fourth-order valence-electron chi connectivity index (χ4n) is 7.60. The lowest BCUT2D eigenvalue weighted by molar-refractivity contribution is 0.590. The Morgan fingerprint density at radius 2 is 1.04 bits per heavy atom. The van der Waals surface area contributed by atoms with Crippen LogP contribution in [0.4, 0.5) is 34.1 Å². The maximum Gasteiger partial charge on any atom is 0.252 e. The molecule has 7 aromatic rings. The van der Waals surface area contributed by atoms with Gasteiger partial charge in [0.25, 0.3) is 6.71 Å². The van der Waals surface area contributed by atoms with Gasteiger partial charge in [0.15, 0.2) is 0 Å². The molecule has 2 aliphatic rings. The summed E-state index contributed by atoms with van der Waals surface area (Å²) in [6, 6.07) is 54.1. The highest BCUT2D eigenvalue weighted by Gasteiger charge is 2.43. The van der Waals surface area contributed by atoms with Gasteiger partial charge in [0.05, 0.1) is 5.69 Å². The monoisotopic (exact) mass is 576 g/mol. The van der Waals surface area contributed by atoms with Crippen molar-refractivity contribution in [3.8, 4) is 0 Å². The molecule has 0 amide bonds. The number of rotatable bonds is 2. The Kier molecular flexibility index (Phi) is 5.59. The molecule has 0 saturated heterocycles. The van der Waals surface area contributed by atoms with Crippen molar-refractivity contribution < 1.29 is 0 Å². The van der Waals surface area contributed by atoms with Gasteiger partial charge >= 0.3 is 0 Å². The molecule has 7 aromatic carbocycles. The highest BCUT2D eigenvalue weighted by atomic mass is 15.2. The zero-order valence-corrected chi connectivity index (χ0v) is 25.8. The van der Waals surface area contributed by atoms with E-state index in [0.29, 0.717) is 0 Å². The van der Waals surface area contributed by atoms with Crippen LogP contribution in [0.3, 0.4) is 0 Å². The van der Waals surface area contributed by atoms with Crippen molar-refractivity contribution in [3.05, 3.63) is 151 Å². The molecule has 0 bridgehead atoms. The molecule has 214 valence electrons. The van der Waals surface area contributed by atoms with Crippen LogP contribution in [-0.2, 0) is 5.41 Å². The van der Waals surface area contributed by atoms with Crippen molar-refractivity contribution in [3.63, 3.8) is 0 Å². The van der Waals surface area contributed by atoms with Gasteiger partial charge in [0.1, 0.15) is 0 Å². The normalized spacial score (nSPS) is 13.5. The molecule has 2 nitrogen and oxygen atoms in total. The average Bonchev–Trinajstić information content (AvgIpc) is 3.07. The highest BCUT2D eigenvalue weighted by molar-refractivity contribution is 7.00. The van der Waals surface area contributed by atoms with E-state index in [1.165, 1.54) is 77.6 Å². The van der Waals surface area contributed by atoms with Gasteiger partial charge in [0, 0.05) is 33.8 Å². The Labute approximate surface area is 265 Å². The first-order valence-electron chi connectivity index (χ1n) is 15.9. The number of nitrogens with zero attached hydrogens (tertiary/aromatic N) is 2. The summed E-state index contributed by atoms with van der Waals surface area (Å²) >= 11 is 0. The molecule has 0 aliphatic carbocycles. The summed E-state index contributed by atoms with van der Waals surface area (Å²) in [6.07, 6.45) is 0. The number of benzene rings is 7. The molecule has 0 saturated carbocycles. The molecule has 0 N–H and O–H groups in total. The minimum atomic E-state index is 0.0331. The molecule has 0 fully saturated rings. The third-order valence-electron chi connectivity index (χ3n) is 9.75. The molecular formula is C42H33BN2. The fraction of sp³-hybridized carbons (Fsp3) is 0.0952. The highest BCUT2D eigenvalue weighted by Crippen LogP contribution is 2.46. The maximum absolute atomic E-state index is 2.52. The number of fused-ring (bicyclic) bond motifs is 6. The minimum absolute atomic E-state index is 0.0331. The van der Waals surface area contributed by atoms with Crippen LogP contribution < -0.4 is 26.2 Å². The second-order valence-electron chi connectivity index (χ2n) is 13.4. The minimum Gasteiger partial charge on any atom is -0.311 e. The fourth-order valence-corrected chi connectivity index (χ4v) is 7.60. The van der Waals surface area contributed by atoms with Gasteiger partial charge in [-0.05, 0) is 86.0 Å². The Hall–Kier alpha value is -5.28. The third-order valence-corrected chi connectivity index (χ3v) is 9.75. The summed E-state index contributed by atoms with van der Waals surface area (Å²) in [6.45, 7) is 7.02. The van der Waals surface area contributed by atoms with Gasteiger partial charge in [-0.2, -0.15) is 0 Å². The van der Waals surface area contributed by atoms with E-state index < -0.39 is 0 Å². The molecule has 9 rings (SSSR count). The van der Waals surface area contributed by atoms with E-state index in [9.17, 15) is 0 Å². The van der Waals surface area contributed by atoms with Crippen LogP contribution in [0.15, 0.2) is 146 Å².